The van der Waals surface area contributed by atoms with Crippen LogP contribution in [0.2, 0.25) is 0 Å². The summed E-state index contributed by atoms with van der Waals surface area (Å²) in [5.41, 5.74) is 0. The van der Waals surface area contributed by atoms with E-state index in [0.29, 0.717) is 0 Å². The van der Waals surface area contributed by atoms with Crippen molar-refractivity contribution in [3.63, 3.8) is 0 Å². The molecule has 0 aromatic rings. The van der Waals surface area contributed by atoms with Crippen LogP contribution in [0.3, 0.4) is 0 Å². The average Bonchev–Trinajstić information content (AvgIpc) is 2.64. The largest absolute Gasteiger partial charge is 3.00 e. The Labute approximate surface area is 180 Å². The van der Waals surface area contributed by atoms with Crippen LogP contribution in [0.1, 0.15) is 0 Å². The van der Waals surface area contributed by atoms with E-state index in [1.54, 1.807) is 0 Å². The number of aliphatic carboxylic acids is 6. The van der Waals surface area contributed by atoms with Gasteiger partial charge in [0.05, 0.1) is 17.9 Å². The van der Waals surface area contributed by atoms with E-state index in [0.717, 1.165) is 0 Å². The molecule has 31 heavy (non-hydrogen) atoms. The van der Waals surface area contributed by atoms with Gasteiger partial charge in [0.1, 0.15) is 18.3 Å². The van der Waals surface area contributed by atoms with Gasteiger partial charge in [-0.1, -0.05) is 0 Å². The van der Waals surface area contributed by atoms with E-state index in [1.807, 2.05) is 0 Å². The van der Waals surface area contributed by atoms with Crippen LogP contribution in [0.4, 0.5) is 0 Å². The van der Waals surface area contributed by atoms with Gasteiger partial charge in [-0.2, -0.15) is 0 Å². The standard InChI is InChI=1S/3C4H6O6.Cr/c3*5-1(3(7)8)2(6)4(9)10;/h3*1-2,5-6H,(H,7,8)(H,9,10);/q;;;+3/p-3. The Morgan fingerprint density at radius 2 is 0.548 bits per heavy atom. The van der Waals surface area contributed by atoms with Crippen LogP contribution >= 0.6 is 0 Å². The fourth-order valence-electron chi connectivity index (χ4n) is 0.792. The first kappa shape index (κ1) is 35.5. The van der Waals surface area contributed by atoms with Crippen molar-refractivity contribution in [3.8, 4) is 0 Å². The van der Waals surface area contributed by atoms with Crippen molar-refractivity contribution in [2.24, 2.45) is 0 Å². The topological polar surface area (TPSA) is 354 Å². The number of aliphatic hydroxyl groups excluding tert-OH is 6. The van der Waals surface area contributed by atoms with Gasteiger partial charge in [0.2, 0.25) is 0 Å². The zero-order chi connectivity index (χ0) is 24.9. The Bertz CT molecular complexity index is 493. The quantitative estimate of drug-likeness (QED) is 0.142. The molecule has 177 valence electrons. The monoisotopic (exact) mass is 499 g/mol. The van der Waals surface area contributed by atoms with E-state index in [-0.39, 0.29) is 17.4 Å². The van der Waals surface area contributed by atoms with Gasteiger partial charge < -0.3 is 75.7 Å². The average molecular weight is 499 g/mol. The number of hydrogen-bond donors (Lipinski definition) is 9. The minimum Gasteiger partial charge on any atom is -0.547 e. The van der Waals surface area contributed by atoms with Gasteiger partial charge in [0, 0.05) is 0 Å². The molecule has 0 spiro atoms. The predicted octanol–water partition coefficient (Wildman–Crippen LogP) is -10.4. The molecule has 0 aromatic heterocycles. The summed E-state index contributed by atoms with van der Waals surface area (Å²) in [4.78, 5) is 58.2. The molecule has 1 radical (unpaired) electrons. The van der Waals surface area contributed by atoms with Gasteiger partial charge in [0.25, 0.3) is 0 Å². The van der Waals surface area contributed by atoms with E-state index >= 15 is 0 Å². The SMILES string of the molecule is O=C([O-])C(O)C(O)C(=O)O.O=C([O-])C(O)C(O)C(=O)O.O=C([O-])C(O)C(O)C(=O)O.[Cr+3]. The van der Waals surface area contributed by atoms with E-state index in [1.165, 1.54) is 0 Å². The molecule has 0 bridgehead atoms. The number of rotatable bonds is 9. The first-order chi connectivity index (χ1) is 13.4. The number of carbonyl (C=O) groups is 6. The number of carboxylic acid groups (broad SMARTS) is 6. The molecule has 0 aliphatic rings. The Hall–Kier alpha value is -2.89. The molecule has 0 aliphatic carbocycles. The van der Waals surface area contributed by atoms with Crippen molar-refractivity contribution in [2.45, 2.75) is 36.6 Å². The minimum atomic E-state index is -2.38. The molecule has 0 rings (SSSR count). The van der Waals surface area contributed by atoms with Gasteiger partial charge in [-0.25, -0.2) is 14.4 Å². The number of hydrogen-bond acceptors (Lipinski definition) is 15. The van der Waals surface area contributed by atoms with Crippen LogP contribution in [0.5, 0.6) is 0 Å². The summed E-state index contributed by atoms with van der Waals surface area (Å²) in [7, 11) is 0. The zero-order valence-corrected chi connectivity index (χ0v) is 15.8. The van der Waals surface area contributed by atoms with Crippen molar-refractivity contribution in [3.05, 3.63) is 0 Å². The first-order valence-electron chi connectivity index (χ1n) is 6.79. The van der Waals surface area contributed by atoms with Gasteiger partial charge >= 0.3 is 35.3 Å². The van der Waals surface area contributed by atoms with Gasteiger partial charge in [-0.3, -0.25) is 0 Å². The van der Waals surface area contributed by atoms with Gasteiger partial charge in [0.15, 0.2) is 18.3 Å². The van der Waals surface area contributed by atoms with E-state index in [4.69, 9.17) is 46.0 Å². The molecule has 0 fully saturated rings. The zero-order valence-electron chi connectivity index (χ0n) is 14.6. The summed E-state index contributed by atoms with van der Waals surface area (Å²) in [5, 5.41) is 102. The summed E-state index contributed by atoms with van der Waals surface area (Å²) in [6.07, 6.45) is -14.1. The molecule has 0 saturated carbocycles. The van der Waals surface area contributed by atoms with Crippen LogP contribution in [0, 0.1) is 0 Å². The maximum absolute atomic E-state index is 9.74. The van der Waals surface area contributed by atoms with Gasteiger partial charge in [-0.05, 0) is 0 Å². The molecule has 0 saturated heterocycles. The third kappa shape index (κ3) is 15.6. The Balaban J connectivity index is -0.000000174. The Morgan fingerprint density at radius 1 is 0.419 bits per heavy atom. The fourth-order valence-corrected chi connectivity index (χ4v) is 0.792. The third-order valence-corrected chi connectivity index (χ3v) is 2.38. The third-order valence-electron chi connectivity index (χ3n) is 2.38. The van der Waals surface area contributed by atoms with E-state index in [2.05, 4.69) is 0 Å². The van der Waals surface area contributed by atoms with Crippen LogP contribution in [-0.2, 0) is 46.1 Å². The van der Waals surface area contributed by atoms with E-state index in [9.17, 15) is 44.1 Å². The number of carboxylic acids is 6. The first-order valence-corrected chi connectivity index (χ1v) is 6.79. The summed E-state index contributed by atoms with van der Waals surface area (Å²) in [5.74, 6) is -11.5. The van der Waals surface area contributed by atoms with Crippen molar-refractivity contribution >= 4 is 35.8 Å². The molecule has 6 unspecified atom stereocenters. The second kappa shape index (κ2) is 16.9. The molecule has 0 amide bonds. The second-order valence-corrected chi connectivity index (χ2v) is 4.64. The van der Waals surface area contributed by atoms with Crippen molar-refractivity contribution in [2.75, 3.05) is 0 Å². The molecule has 0 heterocycles. The second-order valence-electron chi connectivity index (χ2n) is 4.64. The number of aliphatic hydroxyl groups is 6. The Morgan fingerprint density at radius 3 is 0.581 bits per heavy atom. The van der Waals surface area contributed by atoms with Crippen LogP contribution in [0.25, 0.3) is 0 Å². The summed E-state index contributed by atoms with van der Waals surface area (Å²) < 4.78 is 0. The molecule has 18 nitrogen and oxygen atoms in total. The predicted molar refractivity (Wildman–Crippen MR) is 74.0 cm³/mol. The molecule has 0 aliphatic heterocycles. The maximum atomic E-state index is 9.74. The van der Waals surface area contributed by atoms with Crippen molar-refractivity contribution < 1.29 is 107 Å². The molecular formula is C12H15CrO18. The fraction of sp³-hybridized carbons (Fsp3) is 0.500. The molecule has 9 N–H and O–H groups in total. The van der Waals surface area contributed by atoms with Crippen LogP contribution in [0.15, 0.2) is 0 Å². The van der Waals surface area contributed by atoms with Crippen LogP contribution in [-0.4, -0.2) is 118 Å². The summed E-state index contributed by atoms with van der Waals surface area (Å²) >= 11 is 0. The van der Waals surface area contributed by atoms with E-state index < -0.39 is 72.4 Å². The summed E-state index contributed by atoms with van der Waals surface area (Å²) in [6, 6.07) is 0. The normalized spacial score (nSPS) is 15.3. The smallest absolute Gasteiger partial charge is 0.547 e. The number of carbonyl (C=O) groups excluding carboxylic acids is 3. The van der Waals surface area contributed by atoms with Crippen LogP contribution < -0.4 is 15.3 Å². The minimum absolute atomic E-state index is 0. The van der Waals surface area contributed by atoms with Crippen molar-refractivity contribution in [1.29, 1.82) is 0 Å². The molecule has 6 atom stereocenters. The molecule has 19 heteroatoms. The van der Waals surface area contributed by atoms with Crippen molar-refractivity contribution in [1.82, 2.24) is 0 Å². The summed E-state index contributed by atoms with van der Waals surface area (Å²) in [6.45, 7) is 0. The molecule has 0 aromatic carbocycles. The Kier molecular flexibility index (Phi) is 19.3. The molecular weight excluding hydrogens is 484 g/mol. The van der Waals surface area contributed by atoms with Gasteiger partial charge in [-0.15, -0.1) is 0 Å². The maximum Gasteiger partial charge on any atom is 3.00 e.